The van der Waals surface area contributed by atoms with Crippen LogP contribution in [0.25, 0.3) is 26.4 Å². The van der Waals surface area contributed by atoms with E-state index in [2.05, 4.69) is 58.8 Å². The summed E-state index contributed by atoms with van der Waals surface area (Å²) >= 11 is 1.68. The number of para-hydroxylation sites is 1. The number of nitrogens with zero attached hydrogens (tertiary/aromatic N) is 5. The molecule has 0 aliphatic carbocycles. The number of aromatic nitrogens is 4. The fraction of sp³-hybridized carbons (Fsp3) is 0.316. The van der Waals surface area contributed by atoms with Crippen molar-refractivity contribution in [3.8, 4) is 5.13 Å². The van der Waals surface area contributed by atoms with E-state index in [-0.39, 0.29) is 0 Å². The summed E-state index contributed by atoms with van der Waals surface area (Å²) in [6.45, 7) is 6.03. The molecule has 1 aromatic carbocycles. The molecule has 3 heterocycles. The molecule has 0 radical (unpaired) electrons. The van der Waals surface area contributed by atoms with Gasteiger partial charge in [0, 0.05) is 18.8 Å². The lowest BCUT2D eigenvalue weighted by Crippen LogP contribution is -2.21. The maximum Gasteiger partial charge on any atom is 0.196 e. The average molecular weight is 366 g/mol. The quantitative estimate of drug-likeness (QED) is 0.585. The fourth-order valence-electron chi connectivity index (χ4n) is 3.12. The summed E-state index contributed by atoms with van der Waals surface area (Å²) in [4.78, 5) is 16.0. The lowest BCUT2D eigenvalue weighted by molar-refractivity contribution is 0.425. The largest absolute Gasteiger partial charge is 0.368 e. The van der Waals surface area contributed by atoms with Crippen LogP contribution in [0.3, 0.4) is 0 Å². The minimum absolute atomic E-state index is 0.837. The summed E-state index contributed by atoms with van der Waals surface area (Å²) in [5.74, 6) is 0.886. The SMILES string of the molecule is Cc1c(C)n(-c2nc3ccccc3s2)c2ncnc(NCCN(C)C)c12. The lowest BCUT2D eigenvalue weighted by atomic mass is 10.2. The van der Waals surface area contributed by atoms with Gasteiger partial charge in [-0.2, -0.15) is 0 Å². The van der Waals surface area contributed by atoms with Crippen LogP contribution in [0.1, 0.15) is 11.3 Å². The third-order valence-corrected chi connectivity index (χ3v) is 5.64. The van der Waals surface area contributed by atoms with Crippen molar-refractivity contribution in [2.24, 2.45) is 0 Å². The van der Waals surface area contributed by atoms with Crippen molar-refractivity contribution < 1.29 is 0 Å². The van der Waals surface area contributed by atoms with Crippen LogP contribution in [0.2, 0.25) is 0 Å². The van der Waals surface area contributed by atoms with Crippen molar-refractivity contribution in [2.75, 3.05) is 32.5 Å². The van der Waals surface area contributed by atoms with E-state index in [9.17, 15) is 0 Å². The molecule has 26 heavy (non-hydrogen) atoms. The topological polar surface area (TPSA) is 58.9 Å². The second kappa shape index (κ2) is 6.66. The molecular weight excluding hydrogens is 344 g/mol. The van der Waals surface area contributed by atoms with Gasteiger partial charge in [0.15, 0.2) is 10.8 Å². The number of benzene rings is 1. The van der Waals surface area contributed by atoms with Crippen LogP contribution < -0.4 is 5.32 Å². The first kappa shape index (κ1) is 16.9. The Morgan fingerprint density at radius 3 is 2.73 bits per heavy atom. The lowest BCUT2D eigenvalue weighted by Gasteiger charge is -2.11. The smallest absolute Gasteiger partial charge is 0.196 e. The van der Waals surface area contributed by atoms with Crippen molar-refractivity contribution in [1.82, 2.24) is 24.4 Å². The number of aryl methyl sites for hydroxylation is 1. The number of hydrogen-bond donors (Lipinski definition) is 1. The Morgan fingerprint density at radius 1 is 1.15 bits per heavy atom. The summed E-state index contributed by atoms with van der Waals surface area (Å²) < 4.78 is 3.33. The third-order valence-electron chi connectivity index (χ3n) is 4.62. The molecule has 0 bridgehead atoms. The van der Waals surface area contributed by atoms with Crippen LogP contribution in [0.5, 0.6) is 0 Å². The number of rotatable bonds is 5. The van der Waals surface area contributed by atoms with E-state index in [4.69, 9.17) is 4.98 Å². The van der Waals surface area contributed by atoms with Crippen LogP contribution in [0.4, 0.5) is 5.82 Å². The standard InChI is InChI=1S/C19H22N6S/c1-12-13(2)25(19-23-14-7-5-6-8-15(14)26-19)18-16(12)17(21-11-22-18)20-9-10-24(3)4/h5-8,11H,9-10H2,1-4H3,(H,20,21,22). The van der Waals surface area contributed by atoms with Crippen LogP contribution >= 0.6 is 11.3 Å². The van der Waals surface area contributed by atoms with E-state index in [0.29, 0.717) is 0 Å². The second-order valence-corrected chi connectivity index (χ2v) is 7.67. The molecule has 0 fully saturated rings. The summed E-state index contributed by atoms with van der Waals surface area (Å²) in [7, 11) is 4.13. The third kappa shape index (κ3) is 2.83. The Hall–Kier alpha value is -2.51. The Balaban J connectivity index is 1.84. The van der Waals surface area contributed by atoms with Crippen LogP contribution in [-0.4, -0.2) is 51.6 Å². The van der Waals surface area contributed by atoms with Crippen molar-refractivity contribution in [1.29, 1.82) is 0 Å². The highest BCUT2D eigenvalue weighted by molar-refractivity contribution is 7.20. The predicted molar refractivity (Wildman–Crippen MR) is 109 cm³/mol. The maximum atomic E-state index is 4.82. The van der Waals surface area contributed by atoms with Crippen molar-refractivity contribution in [2.45, 2.75) is 13.8 Å². The number of nitrogens with one attached hydrogen (secondary N) is 1. The molecule has 0 aliphatic heterocycles. The molecule has 4 rings (SSSR count). The van der Waals surface area contributed by atoms with E-state index in [1.807, 2.05) is 18.2 Å². The zero-order chi connectivity index (χ0) is 18.3. The normalized spacial score (nSPS) is 11.7. The molecule has 3 aromatic heterocycles. The number of fused-ring (bicyclic) bond motifs is 2. The van der Waals surface area contributed by atoms with E-state index in [1.165, 1.54) is 10.3 Å². The second-order valence-electron chi connectivity index (χ2n) is 6.66. The summed E-state index contributed by atoms with van der Waals surface area (Å²) in [6, 6.07) is 8.22. The first-order valence-electron chi connectivity index (χ1n) is 8.63. The van der Waals surface area contributed by atoms with Crippen molar-refractivity contribution >= 4 is 38.4 Å². The number of anilines is 1. The highest BCUT2D eigenvalue weighted by Crippen LogP contribution is 2.34. The number of likely N-dealkylation sites (N-methyl/N-ethyl adjacent to an activating group) is 1. The fourth-order valence-corrected chi connectivity index (χ4v) is 4.14. The van der Waals surface area contributed by atoms with Gasteiger partial charge in [0.1, 0.15) is 12.1 Å². The van der Waals surface area contributed by atoms with Gasteiger partial charge in [-0.3, -0.25) is 4.57 Å². The molecular formula is C19H22N6S. The minimum atomic E-state index is 0.837. The Labute approximate surface area is 156 Å². The van der Waals surface area contributed by atoms with Gasteiger partial charge < -0.3 is 10.2 Å². The molecule has 0 aliphatic rings. The van der Waals surface area contributed by atoms with Gasteiger partial charge in [-0.05, 0) is 45.6 Å². The number of thiazole rings is 1. The monoisotopic (exact) mass is 366 g/mol. The summed E-state index contributed by atoms with van der Waals surface area (Å²) in [5, 5.41) is 5.47. The van der Waals surface area contributed by atoms with Crippen molar-refractivity contribution in [3.63, 3.8) is 0 Å². The van der Waals surface area contributed by atoms with E-state index >= 15 is 0 Å². The highest BCUT2D eigenvalue weighted by atomic mass is 32.1. The first-order valence-corrected chi connectivity index (χ1v) is 9.45. The molecule has 0 atom stereocenters. The highest BCUT2D eigenvalue weighted by Gasteiger charge is 2.19. The zero-order valence-electron chi connectivity index (χ0n) is 15.4. The molecule has 0 unspecified atom stereocenters. The molecule has 0 saturated carbocycles. The number of hydrogen-bond acceptors (Lipinski definition) is 6. The molecule has 0 saturated heterocycles. The molecule has 0 amide bonds. The molecule has 4 aromatic rings. The van der Waals surface area contributed by atoms with Crippen molar-refractivity contribution in [3.05, 3.63) is 41.9 Å². The maximum absolute atomic E-state index is 4.82. The Morgan fingerprint density at radius 2 is 1.96 bits per heavy atom. The molecule has 6 nitrogen and oxygen atoms in total. The van der Waals surface area contributed by atoms with Gasteiger partial charge in [0.05, 0.1) is 15.6 Å². The van der Waals surface area contributed by atoms with Gasteiger partial charge in [0.2, 0.25) is 0 Å². The summed E-state index contributed by atoms with van der Waals surface area (Å²) in [6.07, 6.45) is 1.63. The Bertz CT molecular complexity index is 1050. The van der Waals surface area contributed by atoms with Gasteiger partial charge in [-0.15, -0.1) is 0 Å². The van der Waals surface area contributed by atoms with E-state index in [0.717, 1.165) is 46.3 Å². The molecule has 134 valence electrons. The predicted octanol–water partition coefficient (Wildman–Crippen LogP) is 3.62. The Kier molecular flexibility index (Phi) is 4.34. The molecule has 7 heteroatoms. The first-order chi connectivity index (χ1) is 12.6. The van der Waals surface area contributed by atoms with Crippen LogP contribution in [0.15, 0.2) is 30.6 Å². The minimum Gasteiger partial charge on any atom is -0.368 e. The van der Waals surface area contributed by atoms with E-state index < -0.39 is 0 Å². The van der Waals surface area contributed by atoms with E-state index in [1.54, 1.807) is 17.7 Å². The van der Waals surface area contributed by atoms with Gasteiger partial charge in [-0.1, -0.05) is 23.5 Å². The van der Waals surface area contributed by atoms with Gasteiger partial charge in [0.25, 0.3) is 0 Å². The van der Waals surface area contributed by atoms with Crippen LogP contribution in [-0.2, 0) is 0 Å². The molecule has 0 spiro atoms. The zero-order valence-corrected chi connectivity index (χ0v) is 16.3. The summed E-state index contributed by atoms with van der Waals surface area (Å²) in [5.41, 5.74) is 4.26. The van der Waals surface area contributed by atoms with Gasteiger partial charge >= 0.3 is 0 Å². The van der Waals surface area contributed by atoms with Crippen LogP contribution in [0, 0.1) is 13.8 Å². The molecule has 1 N–H and O–H groups in total. The van der Waals surface area contributed by atoms with Gasteiger partial charge in [-0.25, -0.2) is 15.0 Å². The average Bonchev–Trinajstić information content (AvgIpc) is 3.14.